The van der Waals surface area contributed by atoms with E-state index in [1.165, 1.54) is 12.1 Å². The molecule has 0 aromatic heterocycles. The van der Waals surface area contributed by atoms with Crippen LogP contribution in [0.5, 0.6) is 0 Å². The first kappa shape index (κ1) is 21.9. The van der Waals surface area contributed by atoms with Gasteiger partial charge in [0.15, 0.2) is 21.5 Å². The fourth-order valence-electron chi connectivity index (χ4n) is 2.19. The van der Waals surface area contributed by atoms with Crippen molar-refractivity contribution in [2.45, 2.75) is 16.2 Å². The van der Waals surface area contributed by atoms with E-state index in [0.29, 0.717) is 12.1 Å². The highest BCUT2D eigenvalue weighted by Gasteiger charge is 2.17. The Morgan fingerprint density at radius 2 is 1.54 bits per heavy atom. The molecule has 0 unspecified atom stereocenters. The van der Waals surface area contributed by atoms with Crippen molar-refractivity contribution in [2.75, 3.05) is 18.8 Å². The van der Waals surface area contributed by atoms with Gasteiger partial charge in [-0.3, -0.25) is 4.79 Å². The van der Waals surface area contributed by atoms with Crippen LogP contribution in [0.4, 0.5) is 8.78 Å². The summed E-state index contributed by atoms with van der Waals surface area (Å²) in [5, 5.41) is 2.39. The number of nitrogens with one attached hydrogen (secondary N) is 2. The van der Waals surface area contributed by atoms with E-state index in [1.54, 1.807) is 18.2 Å². The highest BCUT2D eigenvalue weighted by Crippen LogP contribution is 2.13. The zero-order chi connectivity index (χ0) is 20.8. The predicted octanol–water partition coefficient (Wildman–Crippen LogP) is 1.22. The number of amides is 1. The first-order chi connectivity index (χ1) is 13.1. The summed E-state index contributed by atoms with van der Waals surface area (Å²) >= 11 is 0. The molecule has 1 amide bonds. The lowest BCUT2D eigenvalue weighted by Gasteiger charge is -2.08. The fraction of sp³-hybridized carbons (Fsp3) is 0.235. The lowest BCUT2D eigenvalue weighted by molar-refractivity contribution is -0.120. The lowest BCUT2D eigenvalue weighted by Crippen LogP contribution is -2.33. The van der Waals surface area contributed by atoms with E-state index in [0.717, 1.165) is 6.07 Å². The van der Waals surface area contributed by atoms with E-state index in [9.17, 15) is 30.4 Å². The molecule has 2 aromatic rings. The van der Waals surface area contributed by atoms with Crippen LogP contribution in [-0.4, -0.2) is 41.6 Å². The zero-order valence-corrected chi connectivity index (χ0v) is 16.2. The van der Waals surface area contributed by atoms with Crippen LogP contribution < -0.4 is 10.0 Å². The number of carbonyl (C=O) groups excluding carboxylic acids is 1. The fourth-order valence-corrected chi connectivity index (χ4v) is 4.41. The second-order valence-electron chi connectivity index (χ2n) is 5.71. The van der Waals surface area contributed by atoms with E-state index >= 15 is 0 Å². The Balaban J connectivity index is 1.79. The highest BCUT2D eigenvalue weighted by atomic mass is 32.2. The van der Waals surface area contributed by atoms with E-state index < -0.39 is 42.3 Å². The monoisotopic (exact) mass is 432 g/mol. The second kappa shape index (κ2) is 9.22. The maximum atomic E-state index is 13.1. The van der Waals surface area contributed by atoms with E-state index in [4.69, 9.17) is 0 Å². The molecule has 0 aliphatic rings. The molecular formula is C17H18F2N2O5S2. The largest absolute Gasteiger partial charge is 0.355 e. The molecule has 152 valence electrons. The standard InChI is InChI=1S/C17H18F2N2O5S2/c18-15-7-6-14(12-16(15)19)28(25,26)21-9-8-17(22)20-10-11-27(23,24)13-4-2-1-3-5-13/h1-7,12,21H,8-11H2,(H,20,22). The Hall–Kier alpha value is -2.37. The van der Waals surface area contributed by atoms with Crippen LogP contribution in [0, 0.1) is 11.6 Å². The summed E-state index contributed by atoms with van der Waals surface area (Å²) in [5.74, 6) is -3.34. The molecule has 0 saturated carbocycles. The molecule has 0 saturated heterocycles. The number of halogens is 2. The Bertz CT molecular complexity index is 1040. The van der Waals surface area contributed by atoms with Crippen LogP contribution >= 0.6 is 0 Å². The molecule has 0 heterocycles. The summed E-state index contributed by atoms with van der Waals surface area (Å²) in [6.07, 6.45) is -0.256. The molecule has 2 N–H and O–H groups in total. The number of sulfone groups is 1. The Labute approximate surface area is 161 Å². The third kappa shape index (κ3) is 6.08. The van der Waals surface area contributed by atoms with Crippen LogP contribution in [0.15, 0.2) is 58.3 Å². The molecule has 2 rings (SSSR count). The first-order valence-electron chi connectivity index (χ1n) is 8.11. The van der Waals surface area contributed by atoms with Crippen LogP contribution in [-0.2, 0) is 24.7 Å². The molecule has 0 fully saturated rings. The van der Waals surface area contributed by atoms with Crippen LogP contribution in [0.3, 0.4) is 0 Å². The van der Waals surface area contributed by atoms with Crippen molar-refractivity contribution >= 4 is 25.8 Å². The Kier molecular flexibility index (Phi) is 7.22. The maximum Gasteiger partial charge on any atom is 0.240 e. The SMILES string of the molecule is O=C(CCNS(=O)(=O)c1ccc(F)c(F)c1)NCCS(=O)(=O)c1ccccc1. The number of benzene rings is 2. The maximum absolute atomic E-state index is 13.1. The van der Waals surface area contributed by atoms with Gasteiger partial charge in [0.05, 0.1) is 15.5 Å². The summed E-state index contributed by atoms with van der Waals surface area (Å²) in [6.45, 7) is -0.426. The molecule has 7 nitrogen and oxygen atoms in total. The van der Waals surface area contributed by atoms with Crippen molar-refractivity contribution in [1.29, 1.82) is 0 Å². The molecule has 11 heteroatoms. The van der Waals surface area contributed by atoms with Gasteiger partial charge in [-0.15, -0.1) is 0 Å². The molecule has 28 heavy (non-hydrogen) atoms. The average Bonchev–Trinajstić information content (AvgIpc) is 2.64. The predicted molar refractivity (Wildman–Crippen MR) is 97.7 cm³/mol. The third-order valence-corrected chi connectivity index (χ3v) is 6.83. The van der Waals surface area contributed by atoms with E-state index in [1.807, 2.05) is 0 Å². The Morgan fingerprint density at radius 3 is 2.18 bits per heavy atom. The number of sulfonamides is 1. The van der Waals surface area contributed by atoms with Crippen molar-refractivity contribution in [1.82, 2.24) is 10.0 Å². The minimum absolute atomic E-state index is 0.133. The van der Waals surface area contributed by atoms with Gasteiger partial charge < -0.3 is 5.32 Å². The zero-order valence-electron chi connectivity index (χ0n) is 14.6. The first-order valence-corrected chi connectivity index (χ1v) is 11.2. The van der Waals surface area contributed by atoms with Gasteiger partial charge >= 0.3 is 0 Å². The van der Waals surface area contributed by atoms with Gasteiger partial charge in [-0.2, -0.15) is 0 Å². The average molecular weight is 432 g/mol. The molecule has 0 radical (unpaired) electrons. The molecule has 0 atom stereocenters. The van der Waals surface area contributed by atoms with Crippen molar-refractivity contribution in [3.63, 3.8) is 0 Å². The number of rotatable bonds is 9. The third-order valence-electron chi connectivity index (χ3n) is 3.64. The van der Waals surface area contributed by atoms with Gasteiger partial charge in [0.1, 0.15) is 0 Å². The van der Waals surface area contributed by atoms with Gasteiger partial charge in [0, 0.05) is 19.5 Å². The van der Waals surface area contributed by atoms with E-state index in [2.05, 4.69) is 10.0 Å². The molecule has 0 spiro atoms. The summed E-state index contributed by atoms with van der Waals surface area (Å²) in [6, 6.07) is 9.87. The molecule has 2 aromatic carbocycles. The molecule has 0 aliphatic carbocycles. The topological polar surface area (TPSA) is 109 Å². The summed E-state index contributed by atoms with van der Waals surface area (Å²) < 4.78 is 76.2. The van der Waals surface area contributed by atoms with Gasteiger partial charge in [-0.05, 0) is 30.3 Å². The summed E-state index contributed by atoms with van der Waals surface area (Å²) in [7, 11) is -7.64. The van der Waals surface area contributed by atoms with Gasteiger partial charge in [-0.1, -0.05) is 18.2 Å². The summed E-state index contributed by atoms with van der Waals surface area (Å²) in [4.78, 5) is 11.4. The van der Waals surface area contributed by atoms with Crippen LogP contribution in [0.1, 0.15) is 6.42 Å². The minimum atomic E-state index is -4.11. The van der Waals surface area contributed by atoms with Gasteiger partial charge in [-0.25, -0.2) is 30.3 Å². The normalized spacial score (nSPS) is 11.9. The van der Waals surface area contributed by atoms with E-state index in [-0.39, 0.29) is 30.2 Å². The summed E-state index contributed by atoms with van der Waals surface area (Å²) in [5.41, 5.74) is 0. The van der Waals surface area contributed by atoms with Crippen molar-refractivity contribution in [2.24, 2.45) is 0 Å². The minimum Gasteiger partial charge on any atom is -0.355 e. The van der Waals surface area contributed by atoms with Gasteiger partial charge in [0.25, 0.3) is 0 Å². The van der Waals surface area contributed by atoms with Crippen molar-refractivity contribution < 1.29 is 30.4 Å². The number of hydrogen-bond donors (Lipinski definition) is 2. The smallest absolute Gasteiger partial charge is 0.240 e. The molecule has 0 aliphatic heterocycles. The lowest BCUT2D eigenvalue weighted by atomic mass is 10.3. The molecule has 0 bridgehead atoms. The quantitative estimate of drug-likeness (QED) is 0.619. The Morgan fingerprint density at radius 1 is 0.857 bits per heavy atom. The number of carbonyl (C=O) groups is 1. The highest BCUT2D eigenvalue weighted by molar-refractivity contribution is 7.91. The van der Waals surface area contributed by atoms with Gasteiger partial charge in [0.2, 0.25) is 15.9 Å². The molecular weight excluding hydrogens is 414 g/mol. The second-order valence-corrected chi connectivity index (χ2v) is 9.58. The van der Waals surface area contributed by atoms with Crippen LogP contribution in [0.2, 0.25) is 0 Å². The van der Waals surface area contributed by atoms with Crippen molar-refractivity contribution in [3.8, 4) is 0 Å². The van der Waals surface area contributed by atoms with Crippen LogP contribution in [0.25, 0.3) is 0 Å². The number of hydrogen-bond acceptors (Lipinski definition) is 5. The van der Waals surface area contributed by atoms with Crippen molar-refractivity contribution in [3.05, 3.63) is 60.2 Å².